The van der Waals surface area contributed by atoms with E-state index < -0.39 is 0 Å². The summed E-state index contributed by atoms with van der Waals surface area (Å²) >= 11 is 0. The van der Waals surface area contributed by atoms with Crippen LogP contribution in [0, 0.1) is 0 Å². The maximum Gasteiger partial charge on any atom is 0.313 e. The van der Waals surface area contributed by atoms with E-state index >= 15 is 0 Å². The Morgan fingerprint density at radius 1 is 1.30 bits per heavy atom. The van der Waals surface area contributed by atoms with Gasteiger partial charge in [-0.25, -0.2) is 0 Å². The molecule has 0 aliphatic carbocycles. The van der Waals surface area contributed by atoms with Crippen LogP contribution in [0.5, 0.6) is 5.75 Å². The van der Waals surface area contributed by atoms with E-state index in [2.05, 4.69) is 12.1 Å². The molecule has 0 spiro atoms. The lowest BCUT2D eigenvalue weighted by Gasteiger charge is -2.16. The van der Waals surface area contributed by atoms with Crippen LogP contribution in [-0.2, 0) is 9.53 Å². The Kier molecular flexibility index (Phi) is 3.59. The van der Waals surface area contributed by atoms with Crippen molar-refractivity contribution in [3.8, 4) is 5.75 Å². The van der Waals surface area contributed by atoms with Crippen LogP contribution in [0.3, 0.4) is 0 Å². The molecule has 0 radical (unpaired) electrons. The zero-order valence-corrected chi connectivity index (χ0v) is 11.6. The Hall–Kier alpha value is -2.03. The van der Waals surface area contributed by atoms with Crippen molar-refractivity contribution < 1.29 is 14.3 Å². The van der Waals surface area contributed by atoms with E-state index in [0.29, 0.717) is 13.2 Å². The van der Waals surface area contributed by atoms with Crippen molar-refractivity contribution in [2.75, 3.05) is 13.2 Å². The first-order valence-corrected chi connectivity index (χ1v) is 7.12. The second kappa shape index (κ2) is 5.53. The van der Waals surface area contributed by atoms with Gasteiger partial charge in [-0.1, -0.05) is 36.4 Å². The Morgan fingerprint density at radius 2 is 2.15 bits per heavy atom. The second-order valence-electron chi connectivity index (χ2n) is 5.00. The van der Waals surface area contributed by atoms with Gasteiger partial charge in [-0.15, -0.1) is 0 Å². The van der Waals surface area contributed by atoms with Gasteiger partial charge in [0, 0.05) is 10.9 Å². The molecule has 1 aliphatic heterocycles. The van der Waals surface area contributed by atoms with Gasteiger partial charge >= 0.3 is 5.97 Å². The molecule has 0 aromatic heterocycles. The molecule has 2 aromatic carbocycles. The first-order valence-electron chi connectivity index (χ1n) is 7.12. The zero-order valence-electron chi connectivity index (χ0n) is 11.6. The van der Waals surface area contributed by atoms with Crippen LogP contribution < -0.4 is 4.74 Å². The quantitative estimate of drug-likeness (QED) is 0.781. The summed E-state index contributed by atoms with van der Waals surface area (Å²) in [6, 6.07) is 12.2. The molecule has 0 saturated heterocycles. The zero-order chi connectivity index (χ0) is 13.9. The van der Waals surface area contributed by atoms with Crippen LogP contribution in [0.1, 0.15) is 31.2 Å². The molecule has 3 nitrogen and oxygen atoms in total. The van der Waals surface area contributed by atoms with E-state index in [4.69, 9.17) is 9.47 Å². The first-order chi connectivity index (χ1) is 9.81. The van der Waals surface area contributed by atoms with Crippen molar-refractivity contribution in [2.45, 2.75) is 25.7 Å². The third kappa shape index (κ3) is 2.24. The number of benzene rings is 2. The highest BCUT2D eigenvalue weighted by atomic mass is 16.5. The van der Waals surface area contributed by atoms with Gasteiger partial charge < -0.3 is 9.47 Å². The summed E-state index contributed by atoms with van der Waals surface area (Å²) in [6.07, 6.45) is 1.65. The molecular weight excluding hydrogens is 252 g/mol. The first kappa shape index (κ1) is 13.0. The highest BCUT2D eigenvalue weighted by Gasteiger charge is 2.28. The summed E-state index contributed by atoms with van der Waals surface area (Å²) in [5.74, 6) is 0.491. The number of hydrogen-bond acceptors (Lipinski definition) is 3. The number of esters is 1. The predicted molar refractivity (Wildman–Crippen MR) is 78.1 cm³/mol. The van der Waals surface area contributed by atoms with Crippen LogP contribution >= 0.6 is 0 Å². The maximum atomic E-state index is 12.2. The topological polar surface area (TPSA) is 35.5 Å². The van der Waals surface area contributed by atoms with E-state index in [1.54, 1.807) is 0 Å². The molecular formula is C17H18O3. The van der Waals surface area contributed by atoms with E-state index in [9.17, 15) is 4.79 Å². The molecule has 104 valence electrons. The summed E-state index contributed by atoms with van der Waals surface area (Å²) in [5.41, 5.74) is 0.958. The van der Waals surface area contributed by atoms with Crippen molar-refractivity contribution >= 4 is 16.7 Å². The molecule has 3 heteroatoms. The van der Waals surface area contributed by atoms with E-state index in [0.717, 1.165) is 34.9 Å². The lowest BCUT2D eigenvalue weighted by Crippen LogP contribution is -2.15. The van der Waals surface area contributed by atoms with Gasteiger partial charge in [0.05, 0.1) is 19.1 Å². The van der Waals surface area contributed by atoms with Gasteiger partial charge in [0.2, 0.25) is 0 Å². The minimum absolute atomic E-state index is 0.144. The molecule has 0 amide bonds. The third-order valence-corrected chi connectivity index (χ3v) is 3.74. The number of carbonyl (C=O) groups excluding carboxylic acids is 1. The Labute approximate surface area is 118 Å². The van der Waals surface area contributed by atoms with Crippen LogP contribution in [0.4, 0.5) is 0 Å². The monoisotopic (exact) mass is 270 g/mol. The van der Waals surface area contributed by atoms with Crippen molar-refractivity contribution in [3.63, 3.8) is 0 Å². The SMILES string of the molecule is CCOC(=O)C1CCCOc2c1ccc1ccccc21. The van der Waals surface area contributed by atoms with Gasteiger partial charge in [0.1, 0.15) is 5.75 Å². The Balaban J connectivity index is 2.12. The largest absolute Gasteiger partial charge is 0.493 e. The summed E-state index contributed by atoms with van der Waals surface area (Å²) < 4.78 is 11.1. The molecule has 2 aromatic rings. The van der Waals surface area contributed by atoms with Gasteiger partial charge in [-0.05, 0) is 25.2 Å². The lowest BCUT2D eigenvalue weighted by atomic mass is 9.92. The molecule has 3 rings (SSSR count). The molecule has 1 atom stereocenters. The maximum absolute atomic E-state index is 12.2. The third-order valence-electron chi connectivity index (χ3n) is 3.74. The summed E-state index contributed by atoms with van der Waals surface area (Å²) in [7, 11) is 0. The van der Waals surface area contributed by atoms with Crippen LogP contribution in [0.2, 0.25) is 0 Å². The molecule has 1 unspecified atom stereocenters. The molecule has 0 saturated carbocycles. The fourth-order valence-corrected chi connectivity index (χ4v) is 2.80. The fraction of sp³-hybridized carbons (Fsp3) is 0.353. The highest BCUT2D eigenvalue weighted by Crippen LogP contribution is 2.39. The summed E-state index contributed by atoms with van der Waals surface area (Å²) in [6.45, 7) is 2.91. The molecule has 0 N–H and O–H groups in total. The number of fused-ring (bicyclic) bond motifs is 3. The highest BCUT2D eigenvalue weighted by molar-refractivity contribution is 5.92. The average Bonchev–Trinajstić information content (AvgIpc) is 2.70. The number of hydrogen-bond donors (Lipinski definition) is 0. The summed E-state index contributed by atoms with van der Waals surface area (Å²) in [5, 5.41) is 2.21. The minimum atomic E-state index is -0.211. The predicted octanol–water partition coefficient (Wildman–Crippen LogP) is 3.66. The molecule has 1 heterocycles. The van der Waals surface area contributed by atoms with Gasteiger partial charge in [-0.3, -0.25) is 4.79 Å². The van der Waals surface area contributed by atoms with E-state index in [-0.39, 0.29) is 11.9 Å². The van der Waals surface area contributed by atoms with E-state index in [1.807, 2.05) is 31.2 Å². The molecule has 1 aliphatic rings. The number of carbonyl (C=O) groups is 1. The van der Waals surface area contributed by atoms with Crippen molar-refractivity contribution in [2.24, 2.45) is 0 Å². The van der Waals surface area contributed by atoms with Crippen LogP contribution in [-0.4, -0.2) is 19.2 Å². The second-order valence-corrected chi connectivity index (χ2v) is 5.00. The molecule has 20 heavy (non-hydrogen) atoms. The van der Waals surface area contributed by atoms with Gasteiger partial charge in [0.15, 0.2) is 0 Å². The van der Waals surface area contributed by atoms with E-state index in [1.165, 1.54) is 0 Å². The van der Waals surface area contributed by atoms with Crippen molar-refractivity contribution in [3.05, 3.63) is 42.0 Å². The van der Waals surface area contributed by atoms with Crippen LogP contribution in [0.15, 0.2) is 36.4 Å². The van der Waals surface area contributed by atoms with Gasteiger partial charge in [0.25, 0.3) is 0 Å². The number of ether oxygens (including phenoxy) is 2. The minimum Gasteiger partial charge on any atom is -0.493 e. The Morgan fingerprint density at radius 3 is 3.00 bits per heavy atom. The van der Waals surface area contributed by atoms with Crippen molar-refractivity contribution in [1.82, 2.24) is 0 Å². The average molecular weight is 270 g/mol. The normalized spacial score (nSPS) is 17.9. The molecule has 0 fully saturated rings. The van der Waals surface area contributed by atoms with Crippen LogP contribution in [0.25, 0.3) is 10.8 Å². The van der Waals surface area contributed by atoms with Gasteiger partial charge in [-0.2, -0.15) is 0 Å². The standard InChI is InChI=1S/C17H18O3/c1-2-19-17(18)15-8-5-11-20-16-13-7-4-3-6-12(13)9-10-14(15)16/h3-4,6-7,9-10,15H,2,5,8,11H2,1H3. The summed E-state index contributed by atoms with van der Waals surface area (Å²) in [4.78, 5) is 12.2. The van der Waals surface area contributed by atoms with Crippen molar-refractivity contribution in [1.29, 1.82) is 0 Å². The lowest BCUT2D eigenvalue weighted by molar-refractivity contribution is -0.145. The smallest absolute Gasteiger partial charge is 0.313 e. The number of rotatable bonds is 2. The Bertz CT molecular complexity index is 633. The molecule has 0 bridgehead atoms. The fourth-order valence-electron chi connectivity index (χ4n) is 2.80.